The summed E-state index contributed by atoms with van der Waals surface area (Å²) in [5.41, 5.74) is 0. The highest BCUT2D eigenvalue weighted by atomic mass is 32.2. The van der Waals surface area contributed by atoms with E-state index < -0.39 is 10.1 Å². The molecule has 1 unspecified atom stereocenters. The van der Waals surface area contributed by atoms with Gasteiger partial charge in [-0.05, 0) is 12.2 Å². The van der Waals surface area contributed by atoms with Crippen LogP contribution in [0.5, 0.6) is 0 Å². The van der Waals surface area contributed by atoms with Gasteiger partial charge < -0.3 is 4.90 Å². The van der Waals surface area contributed by atoms with Crippen LogP contribution in [0.1, 0.15) is 0 Å². The first-order valence-electron chi connectivity index (χ1n) is 3.71. The SMILES string of the molecule is O=S(=O)(O)CC[NH+]1C=CC=CC1. The Kier molecular flexibility index (Phi) is 3.02. The number of hydrogen-bond acceptors (Lipinski definition) is 2. The third-order valence-corrected chi connectivity index (χ3v) is 2.36. The molecule has 0 saturated heterocycles. The zero-order valence-electron chi connectivity index (χ0n) is 6.60. The van der Waals surface area contributed by atoms with Crippen molar-refractivity contribution in [2.45, 2.75) is 0 Å². The Labute approximate surface area is 71.9 Å². The zero-order chi connectivity index (χ0) is 9.03. The summed E-state index contributed by atoms with van der Waals surface area (Å²) in [6, 6.07) is 0. The second-order valence-corrected chi connectivity index (χ2v) is 4.26. The lowest BCUT2D eigenvalue weighted by molar-refractivity contribution is -0.838. The van der Waals surface area contributed by atoms with E-state index >= 15 is 0 Å². The first-order chi connectivity index (χ1) is 5.58. The van der Waals surface area contributed by atoms with Crippen molar-refractivity contribution < 1.29 is 17.9 Å². The molecule has 0 aromatic heterocycles. The molecular formula is C7H12NO3S+. The first kappa shape index (κ1) is 9.44. The van der Waals surface area contributed by atoms with Crippen LogP contribution in [0.15, 0.2) is 24.4 Å². The Hall–Kier alpha value is -0.650. The molecule has 0 aliphatic carbocycles. The summed E-state index contributed by atoms with van der Waals surface area (Å²) in [5, 5.41) is 0. The largest absolute Gasteiger partial charge is 0.304 e. The molecule has 12 heavy (non-hydrogen) atoms. The lowest BCUT2D eigenvalue weighted by atomic mass is 10.3. The summed E-state index contributed by atoms with van der Waals surface area (Å²) >= 11 is 0. The minimum Gasteiger partial charge on any atom is -0.304 e. The molecule has 5 heteroatoms. The molecule has 0 fully saturated rings. The van der Waals surface area contributed by atoms with E-state index in [0.29, 0.717) is 6.54 Å². The Morgan fingerprint density at radius 2 is 2.17 bits per heavy atom. The van der Waals surface area contributed by atoms with Crippen molar-refractivity contribution in [3.05, 3.63) is 24.4 Å². The van der Waals surface area contributed by atoms with Crippen molar-refractivity contribution in [2.75, 3.05) is 18.8 Å². The zero-order valence-corrected chi connectivity index (χ0v) is 7.42. The van der Waals surface area contributed by atoms with Crippen LogP contribution in [0.2, 0.25) is 0 Å². The van der Waals surface area contributed by atoms with Crippen LogP contribution in [-0.4, -0.2) is 31.8 Å². The molecule has 0 saturated carbocycles. The van der Waals surface area contributed by atoms with Gasteiger partial charge in [0.15, 0.2) is 0 Å². The maximum absolute atomic E-state index is 10.4. The summed E-state index contributed by atoms with van der Waals surface area (Å²) in [4.78, 5) is 1.04. The molecule has 0 amide bonds. The fourth-order valence-corrected chi connectivity index (χ4v) is 1.52. The summed E-state index contributed by atoms with van der Waals surface area (Å²) < 4.78 is 29.2. The van der Waals surface area contributed by atoms with E-state index in [1.807, 2.05) is 24.4 Å². The molecular weight excluding hydrogens is 178 g/mol. The highest BCUT2D eigenvalue weighted by Crippen LogP contribution is 1.80. The van der Waals surface area contributed by atoms with Crippen molar-refractivity contribution in [3.8, 4) is 0 Å². The molecule has 0 bridgehead atoms. The fraction of sp³-hybridized carbons (Fsp3) is 0.429. The Morgan fingerprint density at radius 3 is 2.67 bits per heavy atom. The quantitative estimate of drug-likeness (QED) is 0.552. The number of nitrogens with one attached hydrogen (secondary N) is 1. The van der Waals surface area contributed by atoms with Gasteiger partial charge in [0.05, 0.1) is 12.7 Å². The minimum absolute atomic E-state index is 0.180. The van der Waals surface area contributed by atoms with Crippen LogP contribution in [0.4, 0.5) is 0 Å². The predicted octanol–water partition coefficient (Wildman–Crippen LogP) is -1.16. The van der Waals surface area contributed by atoms with E-state index in [9.17, 15) is 8.42 Å². The molecule has 1 aliphatic heterocycles. The van der Waals surface area contributed by atoms with E-state index in [1.165, 1.54) is 0 Å². The van der Waals surface area contributed by atoms with Gasteiger partial charge in [0, 0.05) is 0 Å². The Bertz CT molecular complexity index is 292. The fourth-order valence-electron chi connectivity index (χ4n) is 1.00. The van der Waals surface area contributed by atoms with Gasteiger partial charge in [-0.15, -0.1) is 0 Å². The van der Waals surface area contributed by atoms with Gasteiger partial charge in [-0.25, -0.2) is 0 Å². The van der Waals surface area contributed by atoms with Crippen LogP contribution in [-0.2, 0) is 10.1 Å². The Balaban J connectivity index is 2.34. The molecule has 1 atom stereocenters. The van der Waals surface area contributed by atoms with Gasteiger partial charge >= 0.3 is 0 Å². The van der Waals surface area contributed by atoms with Crippen molar-refractivity contribution in [2.24, 2.45) is 0 Å². The van der Waals surface area contributed by atoms with E-state index in [4.69, 9.17) is 4.55 Å². The van der Waals surface area contributed by atoms with E-state index in [1.54, 1.807) is 0 Å². The van der Waals surface area contributed by atoms with Gasteiger partial charge in [0.2, 0.25) is 0 Å². The lowest BCUT2D eigenvalue weighted by Crippen LogP contribution is -3.08. The molecule has 0 aromatic rings. The monoisotopic (exact) mass is 190 g/mol. The molecule has 4 nitrogen and oxygen atoms in total. The summed E-state index contributed by atoms with van der Waals surface area (Å²) in [5.74, 6) is -0.180. The molecule has 1 aliphatic rings. The van der Waals surface area contributed by atoms with E-state index in [-0.39, 0.29) is 5.75 Å². The maximum Gasteiger partial charge on any atom is 0.270 e. The highest BCUT2D eigenvalue weighted by Gasteiger charge is 2.11. The van der Waals surface area contributed by atoms with Gasteiger partial charge in [0.1, 0.15) is 12.3 Å². The van der Waals surface area contributed by atoms with Crippen LogP contribution >= 0.6 is 0 Å². The molecule has 68 valence electrons. The second-order valence-electron chi connectivity index (χ2n) is 2.69. The minimum atomic E-state index is -3.80. The molecule has 1 heterocycles. The third kappa shape index (κ3) is 3.66. The summed E-state index contributed by atoms with van der Waals surface area (Å²) in [7, 11) is -3.80. The topological polar surface area (TPSA) is 58.8 Å². The molecule has 0 radical (unpaired) electrons. The highest BCUT2D eigenvalue weighted by molar-refractivity contribution is 7.85. The van der Waals surface area contributed by atoms with Gasteiger partial charge in [-0.1, -0.05) is 6.08 Å². The summed E-state index contributed by atoms with van der Waals surface area (Å²) in [6.45, 7) is 1.20. The standard InChI is InChI=1S/C7H11NO3S/c9-12(10,11)7-6-8-4-2-1-3-5-8/h1-4H,5-7H2,(H,9,10,11)/p+1. The molecule has 1 rings (SSSR count). The van der Waals surface area contributed by atoms with E-state index in [0.717, 1.165) is 11.4 Å². The van der Waals surface area contributed by atoms with Crippen LogP contribution in [0.25, 0.3) is 0 Å². The number of allylic oxidation sites excluding steroid dienone is 2. The van der Waals surface area contributed by atoms with Crippen molar-refractivity contribution >= 4 is 10.1 Å². The van der Waals surface area contributed by atoms with E-state index in [2.05, 4.69) is 0 Å². The maximum atomic E-state index is 10.4. The number of rotatable bonds is 3. The van der Waals surface area contributed by atoms with Crippen LogP contribution in [0, 0.1) is 0 Å². The number of hydrogen-bond donors (Lipinski definition) is 2. The second kappa shape index (κ2) is 3.84. The van der Waals surface area contributed by atoms with Gasteiger partial charge in [-0.3, -0.25) is 4.55 Å². The van der Waals surface area contributed by atoms with Crippen molar-refractivity contribution in [1.29, 1.82) is 0 Å². The van der Waals surface area contributed by atoms with Gasteiger partial charge in [-0.2, -0.15) is 8.42 Å². The van der Waals surface area contributed by atoms with Crippen molar-refractivity contribution in [1.82, 2.24) is 0 Å². The van der Waals surface area contributed by atoms with Gasteiger partial charge in [0.25, 0.3) is 10.1 Å². The normalized spacial score (nSPS) is 22.9. The third-order valence-electron chi connectivity index (χ3n) is 1.64. The number of quaternary nitrogens is 1. The molecule has 0 aromatic carbocycles. The van der Waals surface area contributed by atoms with Crippen LogP contribution < -0.4 is 4.90 Å². The smallest absolute Gasteiger partial charge is 0.270 e. The average molecular weight is 190 g/mol. The van der Waals surface area contributed by atoms with Crippen molar-refractivity contribution in [3.63, 3.8) is 0 Å². The molecule has 0 spiro atoms. The summed E-state index contributed by atoms with van der Waals surface area (Å²) in [6.07, 6.45) is 7.62. The average Bonchev–Trinajstić information content (AvgIpc) is 2.02. The first-order valence-corrected chi connectivity index (χ1v) is 5.32. The van der Waals surface area contributed by atoms with Crippen LogP contribution in [0.3, 0.4) is 0 Å². The Morgan fingerprint density at radius 1 is 1.42 bits per heavy atom. The predicted molar refractivity (Wildman–Crippen MR) is 45.4 cm³/mol. The molecule has 2 N–H and O–H groups in total. The lowest BCUT2D eigenvalue weighted by Gasteiger charge is -2.13.